The molecule has 0 unspecified atom stereocenters. The van der Waals surface area contributed by atoms with E-state index < -0.39 is 36.6 Å². The Balaban J connectivity index is 1.32. The zero-order valence-electron chi connectivity index (χ0n) is 28.1. The van der Waals surface area contributed by atoms with Crippen molar-refractivity contribution in [2.75, 3.05) is 6.61 Å². The van der Waals surface area contributed by atoms with Crippen molar-refractivity contribution >= 4 is 22.8 Å². The van der Waals surface area contributed by atoms with Crippen molar-refractivity contribution in [3.63, 3.8) is 0 Å². The fourth-order valence-corrected chi connectivity index (χ4v) is 6.39. The summed E-state index contributed by atoms with van der Waals surface area (Å²) in [7, 11) is 0. The largest absolute Gasteiger partial charge is 0.374 e. The Bertz CT molecular complexity index is 1990. The molecule has 1 aliphatic rings. The molecule has 0 amide bonds. The molecule has 0 N–H and O–H groups in total. The topological polar surface area (TPSA) is 89.8 Å². The third-order valence-electron chi connectivity index (χ3n) is 8.80. The van der Waals surface area contributed by atoms with Crippen LogP contribution in [0, 0.1) is 0 Å². The first kappa shape index (κ1) is 35.8. The van der Waals surface area contributed by atoms with E-state index >= 15 is 8.78 Å². The predicted octanol–water partition coefficient (Wildman–Crippen LogP) is 7.99. The van der Waals surface area contributed by atoms with Crippen molar-refractivity contribution in [2.24, 2.45) is 0 Å². The molecule has 0 saturated carbocycles. The van der Waals surface area contributed by atoms with E-state index in [2.05, 4.69) is 15.0 Å². The summed E-state index contributed by atoms with van der Waals surface area (Å²) in [4.78, 5) is 12.5. The minimum absolute atomic E-state index is 0.0110. The normalized spacial score (nSPS) is 21.6. The minimum Gasteiger partial charge on any atom is -0.374 e. The van der Waals surface area contributed by atoms with E-state index in [1.807, 2.05) is 121 Å². The lowest BCUT2D eigenvalue weighted by Crippen LogP contribution is -2.54. The van der Waals surface area contributed by atoms with E-state index in [9.17, 15) is 0 Å². The van der Waals surface area contributed by atoms with Gasteiger partial charge in [-0.05, 0) is 22.3 Å². The summed E-state index contributed by atoms with van der Waals surface area (Å²) in [6.07, 6.45) is -4.96. The van der Waals surface area contributed by atoms with Crippen LogP contribution in [0.25, 0.3) is 11.2 Å². The summed E-state index contributed by atoms with van der Waals surface area (Å²) in [5, 5.41) is 0.0217. The number of rotatable bonds is 14. The molecule has 2 aromatic heterocycles. The number of alkyl halides is 2. The van der Waals surface area contributed by atoms with E-state index in [1.165, 1.54) is 17.2 Å². The van der Waals surface area contributed by atoms with E-state index in [-0.39, 0.29) is 49.4 Å². The number of imidazole rings is 1. The minimum atomic E-state index is -3.75. The maximum atomic E-state index is 17.6. The van der Waals surface area contributed by atoms with Gasteiger partial charge in [-0.25, -0.2) is 15.0 Å². The van der Waals surface area contributed by atoms with Crippen LogP contribution in [0.4, 0.5) is 8.78 Å². The van der Waals surface area contributed by atoms with Crippen molar-refractivity contribution < 1.29 is 32.5 Å². The highest BCUT2D eigenvalue weighted by molar-refractivity contribution is 6.33. The maximum Gasteiger partial charge on any atom is 0.320 e. The van der Waals surface area contributed by atoms with E-state index in [0.29, 0.717) is 5.56 Å². The van der Waals surface area contributed by atoms with Gasteiger partial charge in [0.05, 0.1) is 39.4 Å². The number of ether oxygens (including phenoxy) is 5. The fraction of sp³-hybridized carbons (Fsp3) is 0.275. The van der Waals surface area contributed by atoms with Crippen LogP contribution in [0.1, 0.15) is 28.5 Å². The van der Waals surface area contributed by atoms with Crippen LogP contribution >= 0.6 is 11.6 Å². The third kappa shape index (κ3) is 8.36. The van der Waals surface area contributed by atoms with Gasteiger partial charge in [-0.3, -0.25) is 4.57 Å². The molecule has 4 aromatic carbocycles. The van der Waals surface area contributed by atoms with Crippen molar-refractivity contribution in [1.82, 2.24) is 19.5 Å². The molecule has 1 aliphatic heterocycles. The Hall–Kier alpha value is -4.62. The zero-order valence-corrected chi connectivity index (χ0v) is 28.8. The number of hydrogen-bond acceptors (Lipinski definition) is 8. The van der Waals surface area contributed by atoms with Crippen molar-refractivity contribution in [3.05, 3.63) is 161 Å². The highest BCUT2D eigenvalue weighted by atomic mass is 35.5. The van der Waals surface area contributed by atoms with Crippen LogP contribution in [0.15, 0.2) is 134 Å². The number of benzene rings is 4. The van der Waals surface area contributed by atoms with Crippen molar-refractivity contribution in [3.8, 4) is 0 Å². The molecule has 268 valence electrons. The Morgan fingerprint density at radius 1 is 0.635 bits per heavy atom. The lowest BCUT2D eigenvalue weighted by Gasteiger charge is -2.36. The molecule has 0 radical (unpaired) electrons. The number of fused-ring (bicyclic) bond motifs is 1. The number of halogens is 3. The molecule has 3 heterocycles. The standard InChI is InChI=1S/C40H37ClF2N4O5/c41-37-33-38(45-26-44-37)47(27-46-33)39-40(42,43)36(51-24-31-19-11-4-12-20-31)35(50-23-30-17-9-3-10-18-30)34(49-22-29-15-7-2-8-16-29)32(52-39)25-48-21-28-13-5-1-6-14-28/h1-20,26-27,32,34-36,39H,21-25H2/t32-,34+,35+,36-,39-/m1/s1. The van der Waals surface area contributed by atoms with Gasteiger partial charge in [0, 0.05) is 0 Å². The summed E-state index contributed by atoms with van der Waals surface area (Å²) in [6.45, 7) is 0.0798. The van der Waals surface area contributed by atoms with Crippen LogP contribution < -0.4 is 0 Å². The van der Waals surface area contributed by atoms with Crippen LogP contribution in [-0.4, -0.2) is 56.5 Å². The second-order valence-corrected chi connectivity index (χ2v) is 12.8. The second-order valence-electron chi connectivity index (χ2n) is 12.4. The number of nitrogens with zero attached hydrogens (tertiary/aromatic N) is 4. The van der Waals surface area contributed by atoms with E-state index in [4.69, 9.17) is 35.3 Å². The SMILES string of the molecule is FC1(F)[C@H](OCc2ccccc2)[C@@H](OCc2ccccc2)[C@@H](OCc2ccccc2)[C@@H](COCc2ccccc2)O[C@H]1n1cnc2c(Cl)ncnc21. The first-order valence-electron chi connectivity index (χ1n) is 16.9. The highest BCUT2D eigenvalue weighted by Crippen LogP contribution is 2.45. The summed E-state index contributed by atoms with van der Waals surface area (Å²) in [5.41, 5.74) is 3.47. The smallest absolute Gasteiger partial charge is 0.320 e. The summed E-state index contributed by atoms with van der Waals surface area (Å²) < 4.78 is 68.4. The van der Waals surface area contributed by atoms with Gasteiger partial charge in [0.15, 0.2) is 16.9 Å². The van der Waals surface area contributed by atoms with Gasteiger partial charge in [-0.1, -0.05) is 133 Å². The van der Waals surface area contributed by atoms with Gasteiger partial charge >= 0.3 is 5.92 Å². The van der Waals surface area contributed by atoms with Gasteiger partial charge < -0.3 is 23.7 Å². The Kier molecular flexibility index (Phi) is 11.6. The average Bonchev–Trinajstić information content (AvgIpc) is 3.58. The Morgan fingerprint density at radius 3 is 1.69 bits per heavy atom. The molecular formula is C40H37ClF2N4O5. The van der Waals surface area contributed by atoms with Crippen molar-refractivity contribution in [2.45, 2.75) is 63.0 Å². The van der Waals surface area contributed by atoms with Crippen LogP contribution in [-0.2, 0) is 50.1 Å². The second kappa shape index (κ2) is 16.8. The molecule has 1 fully saturated rings. The Labute approximate surface area is 305 Å². The van der Waals surface area contributed by atoms with Crippen LogP contribution in [0.5, 0.6) is 0 Å². The molecule has 52 heavy (non-hydrogen) atoms. The Morgan fingerprint density at radius 2 is 1.13 bits per heavy atom. The molecule has 12 heteroatoms. The average molecular weight is 727 g/mol. The third-order valence-corrected chi connectivity index (χ3v) is 9.08. The van der Waals surface area contributed by atoms with Gasteiger partial charge in [-0.15, -0.1) is 0 Å². The summed E-state index contributed by atoms with van der Waals surface area (Å²) >= 11 is 6.32. The van der Waals surface area contributed by atoms with Crippen LogP contribution in [0.3, 0.4) is 0 Å². The monoisotopic (exact) mass is 726 g/mol. The van der Waals surface area contributed by atoms with Gasteiger partial charge in [-0.2, -0.15) is 8.78 Å². The number of hydrogen-bond donors (Lipinski definition) is 0. The molecule has 0 aliphatic carbocycles. The molecule has 9 nitrogen and oxygen atoms in total. The predicted molar refractivity (Wildman–Crippen MR) is 190 cm³/mol. The zero-order chi connectivity index (χ0) is 35.8. The lowest BCUT2D eigenvalue weighted by molar-refractivity contribution is -0.250. The van der Waals surface area contributed by atoms with E-state index in [1.54, 1.807) is 0 Å². The highest BCUT2D eigenvalue weighted by Gasteiger charge is 2.61. The van der Waals surface area contributed by atoms with Gasteiger partial charge in [0.2, 0.25) is 6.23 Å². The van der Waals surface area contributed by atoms with Gasteiger partial charge in [0.25, 0.3) is 0 Å². The fourth-order valence-electron chi connectivity index (χ4n) is 6.21. The van der Waals surface area contributed by atoms with E-state index in [0.717, 1.165) is 16.7 Å². The molecule has 1 saturated heterocycles. The first-order valence-corrected chi connectivity index (χ1v) is 17.3. The molecule has 7 rings (SSSR count). The van der Waals surface area contributed by atoms with Gasteiger partial charge in [0.1, 0.15) is 30.2 Å². The molecular weight excluding hydrogens is 690 g/mol. The number of aromatic nitrogens is 4. The quantitative estimate of drug-likeness (QED) is 0.104. The molecule has 5 atom stereocenters. The molecule has 0 spiro atoms. The molecule has 6 aromatic rings. The maximum absolute atomic E-state index is 17.6. The molecule has 0 bridgehead atoms. The summed E-state index contributed by atoms with van der Waals surface area (Å²) in [5.74, 6) is -3.75. The lowest BCUT2D eigenvalue weighted by atomic mass is 9.98. The van der Waals surface area contributed by atoms with Crippen LogP contribution in [0.2, 0.25) is 5.15 Å². The van der Waals surface area contributed by atoms with Crippen molar-refractivity contribution in [1.29, 1.82) is 0 Å². The summed E-state index contributed by atoms with van der Waals surface area (Å²) in [6, 6.07) is 37.5. The first-order chi connectivity index (χ1) is 25.5.